The lowest BCUT2D eigenvalue weighted by Gasteiger charge is -2.06. The molecule has 0 aliphatic heterocycles. The molecule has 0 atom stereocenters. The number of carbonyl (C=O) groups is 1. The van der Waals surface area contributed by atoms with E-state index in [-0.39, 0.29) is 0 Å². The Balaban J connectivity index is 2.64. The summed E-state index contributed by atoms with van der Waals surface area (Å²) in [5.41, 5.74) is 6.33. The molecule has 86 valence electrons. The Morgan fingerprint density at radius 1 is 1.44 bits per heavy atom. The van der Waals surface area contributed by atoms with Gasteiger partial charge in [0.05, 0.1) is 5.69 Å². The molecule has 0 aliphatic carbocycles. The van der Waals surface area contributed by atoms with Gasteiger partial charge in [-0.05, 0) is 31.2 Å². The Kier molecular flexibility index (Phi) is 4.26. The Bertz CT molecular complexity index is 373. The average Bonchev–Trinajstić information content (AvgIpc) is 2.27. The van der Waals surface area contributed by atoms with Crippen LogP contribution in [0.1, 0.15) is 6.92 Å². The smallest absolute Gasteiger partial charge is 0.316 e. The zero-order valence-electron chi connectivity index (χ0n) is 9.34. The molecule has 0 bridgehead atoms. The highest BCUT2D eigenvalue weighted by molar-refractivity contribution is 5.87. The summed E-state index contributed by atoms with van der Waals surface area (Å²) in [6.45, 7) is 2.78. The minimum absolute atomic E-state index is 0.583. The number of nitrogens with one attached hydrogen (secondary N) is 1. The molecular weight excluding hydrogens is 206 g/mol. The lowest BCUT2D eigenvalue weighted by atomic mass is 10.3. The second-order valence-electron chi connectivity index (χ2n) is 3.20. The number of nitrogens with two attached hydrogens (primary N) is 1. The summed E-state index contributed by atoms with van der Waals surface area (Å²) < 4.78 is 0. The predicted octanol–water partition coefficient (Wildman–Crippen LogP) is 2.13. The van der Waals surface area contributed by atoms with Crippen molar-refractivity contribution in [2.45, 2.75) is 6.92 Å². The van der Waals surface area contributed by atoms with Gasteiger partial charge in [0.2, 0.25) is 0 Å². The molecule has 0 aromatic heterocycles. The molecular formula is C10H15N5O. The standard InChI is InChI=1S/C10H15N5O/c1-3-15(2)14-13-9-6-4-8(5-7-9)12-10(11)16/h4-7H,3H2,1-2H3,(H3,11,12,16). The van der Waals surface area contributed by atoms with E-state index in [1.807, 2.05) is 14.0 Å². The van der Waals surface area contributed by atoms with Crippen molar-refractivity contribution in [3.05, 3.63) is 24.3 Å². The van der Waals surface area contributed by atoms with Crippen molar-refractivity contribution >= 4 is 17.4 Å². The number of hydrogen-bond acceptors (Lipinski definition) is 3. The van der Waals surface area contributed by atoms with Crippen LogP contribution in [0.5, 0.6) is 0 Å². The van der Waals surface area contributed by atoms with Gasteiger partial charge in [-0.15, -0.1) is 5.11 Å². The largest absolute Gasteiger partial charge is 0.351 e. The SMILES string of the molecule is CCN(C)N=Nc1ccc(NC(N)=O)cc1. The molecule has 2 amide bonds. The summed E-state index contributed by atoms with van der Waals surface area (Å²) in [7, 11) is 1.84. The fourth-order valence-corrected chi connectivity index (χ4v) is 0.945. The van der Waals surface area contributed by atoms with E-state index in [0.717, 1.165) is 12.2 Å². The van der Waals surface area contributed by atoms with Crippen LogP contribution < -0.4 is 11.1 Å². The highest BCUT2D eigenvalue weighted by Gasteiger charge is 1.96. The van der Waals surface area contributed by atoms with Crippen LogP contribution in [-0.2, 0) is 0 Å². The fourth-order valence-electron chi connectivity index (χ4n) is 0.945. The van der Waals surface area contributed by atoms with Gasteiger partial charge in [-0.1, -0.05) is 5.22 Å². The van der Waals surface area contributed by atoms with Gasteiger partial charge in [-0.3, -0.25) is 5.01 Å². The van der Waals surface area contributed by atoms with E-state index in [4.69, 9.17) is 5.73 Å². The minimum atomic E-state index is -0.583. The number of rotatable bonds is 4. The number of nitrogens with zero attached hydrogens (tertiary/aromatic N) is 3. The number of primary amides is 1. The van der Waals surface area contributed by atoms with Gasteiger partial charge in [0, 0.05) is 19.3 Å². The van der Waals surface area contributed by atoms with Crippen molar-refractivity contribution in [1.29, 1.82) is 0 Å². The highest BCUT2D eigenvalue weighted by Crippen LogP contribution is 2.16. The summed E-state index contributed by atoms with van der Waals surface area (Å²) >= 11 is 0. The van der Waals surface area contributed by atoms with Gasteiger partial charge in [-0.2, -0.15) is 0 Å². The topological polar surface area (TPSA) is 83.1 Å². The molecule has 0 spiro atoms. The van der Waals surface area contributed by atoms with Gasteiger partial charge in [-0.25, -0.2) is 4.79 Å². The monoisotopic (exact) mass is 221 g/mol. The first-order valence-electron chi connectivity index (χ1n) is 4.91. The predicted molar refractivity (Wildman–Crippen MR) is 62.5 cm³/mol. The lowest BCUT2D eigenvalue weighted by molar-refractivity contribution is 0.259. The second-order valence-corrected chi connectivity index (χ2v) is 3.20. The summed E-state index contributed by atoms with van der Waals surface area (Å²) in [5, 5.41) is 12.1. The summed E-state index contributed by atoms with van der Waals surface area (Å²) in [5.74, 6) is 0. The second kappa shape index (κ2) is 5.69. The number of carbonyl (C=O) groups excluding carboxylic acids is 1. The maximum absolute atomic E-state index is 10.6. The summed E-state index contributed by atoms with van der Waals surface area (Å²) in [6.07, 6.45) is 0. The van der Waals surface area contributed by atoms with Crippen LogP contribution in [0, 0.1) is 0 Å². The lowest BCUT2D eigenvalue weighted by Crippen LogP contribution is -2.18. The first kappa shape index (κ1) is 12.0. The molecule has 0 fully saturated rings. The molecule has 0 aliphatic rings. The molecule has 3 N–H and O–H groups in total. The zero-order valence-corrected chi connectivity index (χ0v) is 9.34. The van der Waals surface area contributed by atoms with Gasteiger partial charge >= 0.3 is 6.03 Å². The third kappa shape index (κ3) is 3.95. The van der Waals surface area contributed by atoms with Gasteiger partial charge in [0.25, 0.3) is 0 Å². The quantitative estimate of drug-likeness (QED) is 0.603. The molecule has 0 heterocycles. The van der Waals surface area contributed by atoms with Crippen LogP contribution in [0.4, 0.5) is 16.2 Å². The van der Waals surface area contributed by atoms with Crippen molar-refractivity contribution in [3.8, 4) is 0 Å². The van der Waals surface area contributed by atoms with Crippen LogP contribution in [-0.4, -0.2) is 24.6 Å². The molecule has 6 heteroatoms. The summed E-state index contributed by atoms with van der Waals surface area (Å²) in [6, 6.07) is 6.34. The number of benzene rings is 1. The molecule has 0 unspecified atom stereocenters. The fraction of sp³-hybridized carbons (Fsp3) is 0.300. The van der Waals surface area contributed by atoms with Gasteiger partial charge < -0.3 is 11.1 Å². The van der Waals surface area contributed by atoms with Crippen molar-refractivity contribution < 1.29 is 4.79 Å². The molecule has 1 aromatic rings. The maximum atomic E-state index is 10.6. The molecule has 0 saturated heterocycles. The van der Waals surface area contributed by atoms with E-state index in [2.05, 4.69) is 15.7 Å². The number of amides is 2. The van der Waals surface area contributed by atoms with Crippen LogP contribution in [0.3, 0.4) is 0 Å². The minimum Gasteiger partial charge on any atom is -0.351 e. The average molecular weight is 221 g/mol. The number of urea groups is 1. The van der Waals surface area contributed by atoms with Crippen LogP contribution in [0.25, 0.3) is 0 Å². The molecule has 0 radical (unpaired) electrons. The first-order valence-corrected chi connectivity index (χ1v) is 4.91. The highest BCUT2D eigenvalue weighted by atomic mass is 16.2. The summed E-state index contributed by atoms with van der Waals surface area (Å²) in [4.78, 5) is 10.6. The Hall–Kier alpha value is -2.11. The van der Waals surface area contributed by atoms with Crippen molar-refractivity contribution in [2.75, 3.05) is 18.9 Å². The zero-order chi connectivity index (χ0) is 12.0. The van der Waals surface area contributed by atoms with Crippen LogP contribution in [0.15, 0.2) is 34.6 Å². The molecule has 0 saturated carbocycles. The van der Waals surface area contributed by atoms with Gasteiger partial charge in [0.1, 0.15) is 0 Å². The van der Waals surface area contributed by atoms with E-state index in [0.29, 0.717) is 5.69 Å². The first-order chi connectivity index (χ1) is 7.61. The van der Waals surface area contributed by atoms with Crippen LogP contribution >= 0.6 is 0 Å². The molecule has 6 nitrogen and oxygen atoms in total. The Morgan fingerprint density at radius 2 is 2.06 bits per heavy atom. The van der Waals surface area contributed by atoms with Crippen molar-refractivity contribution in [3.63, 3.8) is 0 Å². The van der Waals surface area contributed by atoms with Crippen molar-refractivity contribution in [2.24, 2.45) is 16.1 Å². The molecule has 1 aromatic carbocycles. The number of hydrogen-bond donors (Lipinski definition) is 2. The number of anilines is 1. The van der Waals surface area contributed by atoms with E-state index in [1.54, 1.807) is 29.3 Å². The van der Waals surface area contributed by atoms with Crippen LogP contribution in [0.2, 0.25) is 0 Å². The van der Waals surface area contributed by atoms with E-state index in [9.17, 15) is 4.79 Å². The third-order valence-electron chi connectivity index (χ3n) is 1.91. The maximum Gasteiger partial charge on any atom is 0.316 e. The van der Waals surface area contributed by atoms with E-state index < -0.39 is 6.03 Å². The van der Waals surface area contributed by atoms with E-state index >= 15 is 0 Å². The molecule has 1 rings (SSSR count). The third-order valence-corrected chi connectivity index (χ3v) is 1.91. The van der Waals surface area contributed by atoms with Gasteiger partial charge in [0.15, 0.2) is 0 Å². The Labute approximate surface area is 94.1 Å². The Morgan fingerprint density at radius 3 is 2.56 bits per heavy atom. The van der Waals surface area contributed by atoms with E-state index in [1.165, 1.54) is 0 Å². The normalized spacial score (nSPS) is 10.4. The molecule has 16 heavy (non-hydrogen) atoms. The van der Waals surface area contributed by atoms with Crippen molar-refractivity contribution in [1.82, 2.24) is 5.01 Å².